The van der Waals surface area contributed by atoms with E-state index in [0.29, 0.717) is 28.6 Å². The summed E-state index contributed by atoms with van der Waals surface area (Å²) in [4.78, 5) is 25.1. The van der Waals surface area contributed by atoms with Crippen LogP contribution in [0.1, 0.15) is 29.5 Å². The zero-order valence-electron chi connectivity index (χ0n) is 17.8. The van der Waals surface area contributed by atoms with Crippen LogP contribution in [0.3, 0.4) is 0 Å². The number of ether oxygens (including phenoxy) is 1. The summed E-state index contributed by atoms with van der Waals surface area (Å²) < 4.78 is 5.85. The van der Waals surface area contributed by atoms with Gasteiger partial charge >= 0.3 is 0 Å². The number of fused-ring (bicyclic) bond motifs is 2. The molecule has 33 heavy (non-hydrogen) atoms. The Kier molecular flexibility index (Phi) is 5.31. The lowest BCUT2D eigenvalue weighted by atomic mass is 9.78. The zero-order valence-corrected chi connectivity index (χ0v) is 18.6. The molecular weight excluding hydrogens is 442 g/mol. The van der Waals surface area contributed by atoms with Gasteiger partial charge in [-0.25, -0.2) is 0 Å². The van der Waals surface area contributed by atoms with Crippen molar-refractivity contribution in [3.8, 4) is 5.75 Å². The molecule has 1 fully saturated rings. The first kappa shape index (κ1) is 21.4. The summed E-state index contributed by atoms with van der Waals surface area (Å²) in [7, 11) is 0. The number of rotatable bonds is 5. The summed E-state index contributed by atoms with van der Waals surface area (Å²) in [5, 5.41) is 19.1. The molecule has 0 radical (unpaired) electrons. The second-order valence-corrected chi connectivity index (χ2v) is 8.92. The molecule has 1 saturated heterocycles. The van der Waals surface area contributed by atoms with Crippen LogP contribution in [0.2, 0.25) is 5.02 Å². The van der Waals surface area contributed by atoms with Gasteiger partial charge in [-0.2, -0.15) is 0 Å². The van der Waals surface area contributed by atoms with Gasteiger partial charge in [-0.05, 0) is 48.4 Å². The average molecular weight is 464 g/mol. The Bertz CT molecular complexity index is 1220. The number of para-hydroxylation sites is 1. The highest BCUT2D eigenvalue weighted by atomic mass is 35.5. The van der Waals surface area contributed by atoms with Crippen LogP contribution in [0.15, 0.2) is 72.8 Å². The number of nitrogens with zero attached hydrogens (tertiary/aromatic N) is 1. The van der Waals surface area contributed by atoms with E-state index in [1.165, 1.54) is 0 Å². The van der Waals surface area contributed by atoms with Crippen LogP contribution in [-0.2, 0) is 16.9 Å². The lowest BCUT2D eigenvalue weighted by molar-refractivity contribution is -0.532. The van der Waals surface area contributed by atoms with Crippen molar-refractivity contribution in [1.29, 1.82) is 0 Å². The summed E-state index contributed by atoms with van der Waals surface area (Å²) >= 11 is 5.92. The molecule has 0 aliphatic carbocycles. The predicted octanol–water partition coefficient (Wildman–Crippen LogP) is 4.49. The second kappa shape index (κ2) is 8.17. The van der Waals surface area contributed by atoms with Crippen molar-refractivity contribution in [3.05, 3.63) is 105 Å². The second-order valence-electron chi connectivity index (χ2n) is 8.48. The number of anilines is 1. The van der Waals surface area contributed by atoms with Crippen molar-refractivity contribution >= 4 is 23.2 Å². The van der Waals surface area contributed by atoms with E-state index in [0.717, 1.165) is 11.1 Å². The Hall–Kier alpha value is -3.42. The van der Waals surface area contributed by atoms with E-state index in [4.69, 9.17) is 16.3 Å². The monoisotopic (exact) mass is 463 g/mol. The summed E-state index contributed by atoms with van der Waals surface area (Å²) in [6.07, 6.45) is 0. The highest BCUT2D eigenvalue weighted by Gasteiger charge is 2.67. The molecule has 0 unspecified atom stereocenters. The third kappa shape index (κ3) is 3.53. The number of carbonyl (C=O) groups excluding carboxylic acids is 1. The Morgan fingerprint density at radius 2 is 1.76 bits per heavy atom. The highest BCUT2D eigenvalue weighted by Crippen LogP contribution is 2.49. The number of nitro groups is 1. The van der Waals surface area contributed by atoms with Gasteiger partial charge in [-0.1, -0.05) is 54.1 Å². The first-order valence-electron chi connectivity index (χ1n) is 10.7. The van der Waals surface area contributed by atoms with E-state index in [-0.39, 0.29) is 16.9 Å². The minimum atomic E-state index is -1.41. The summed E-state index contributed by atoms with van der Waals surface area (Å²) in [5.41, 5.74) is 1.59. The maximum absolute atomic E-state index is 13.1. The number of carbonyl (C=O) groups is 1. The van der Waals surface area contributed by atoms with Gasteiger partial charge in [0.05, 0.1) is 5.92 Å². The quantitative estimate of drug-likeness (QED) is 0.429. The van der Waals surface area contributed by atoms with Gasteiger partial charge in [0.1, 0.15) is 12.4 Å². The number of halogens is 1. The van der Waals surface area contributed by atoms with Gasteiger partial charge in [0.2, 0.25) is 0 Å². The van der Waals surface area contributed by atoms with Crippen LogP contribution in [-0.4, -0.2) is 22.9 Å². The summed E-state index contributed by atoms with van der Waals surface area (Å²) in [6.45, 7) is 2.27. The summed E-state index contributed by atoms with van der Waals surface area (Å²) in [6, 6.07) is 20.4. The maximum atomic E-state index is 13.1. The van der Waals surface area contributed by atoms with Crippen molar-refractivity contribution in [3.63, 3.8) is 0 Å². The number of benzene rings is 3. The van der Waals surface area contributed by atoms with Crippen LogP contribution >= 0.6 is 11.6 Å². The van der Waals surface area contributed by atoms with Crippen molar-refractivity contribution in [2.75, 3.05) is 5.32 Å². The lowest BCUT2D eigenvalue weighted by Crippen LogP contribution is -2.54. The predicted molar refractivity (Wildman–Crippen MR) is 125 cm³/mol. The Balaban J connectivity index is 1.42. The van der Waals surface area contributed by atoms with Gasteiger partial charge in [-0.15, -0.1) is 0 Å². The molecule has 2 N–H and O–H groups in total. The molecule has 1 amide bonds. The molecule has 2 aliphatic rings. The van der Waals surface area contributed by atoms with Crippen LogP contribution in [0.25, 0.3) is 0 Å². The van der Waals surface area contributed by atoms with Crippen molar-refractivity contribution in [2.24, 2.45) is 0 Å². The minimum absolute atomic E-state index is 0.293. The van der Waals surface area contributed by atoms with Gasteiger partial charge in [-0.3, -0.25) is 20.2 Å². The molecular formula is C25H22ClN3O4. The summed E-state index contributed by atoms with van der Waals surface area (Å²) in [5.74, 6) is -0.228. The topological polar surface area (TPSA) is 93.5 Å². The maximum Gasteiger partial charge on any atom is 0.256 e. The number of amides is 1. The Morgan fingerprint density at radius 1 is 1.06 bits per heavy atom. The molecule has 5 rings (SSSR count). The van der Waals surface area contributed by atoms with Crippen LogP contribution in [0.5, 0.6) is 5.75 Å². The van der Waals surface area contributed by atoms with Crippen LogP contribution < -0.4 is 15.4 Å². The molecule has 2 aliphatic heterocycles. The molecule has 4 atom stereocenters. The Morgan fingerprint density at radius 3 is 2.45 bits per heavy atom. The molecule has 7 nitrogen and oxygen atoms in total. The third-order valence-electron chi connectivity index (χ3n) is 6.55. The molecule has 0 aromatic heterocycles. The standard InChI is InChI=1S/C25H22ClN3O4/c1-15-22(17-8-12-19(13-9-17)33-14-16-6-10-18(26)11-7-16)23(29(31)32)25(28-15)20-4-2-3-5-21(20)27-24(25)30/h2-13,15,22-23,28H,14H2,1H3,(H,27,30)/t15-,22+,23+,25-/m0/s1. The van der Waals surface area contributed by atoms with E-state index in [1.54, 1.807) is 24.3 Å². The van der Waals surface area contributed by atoms with Crippen molar-refractivity contribution < 1.29 is 14.5 Å². The van der Waals surface area contributed by atoms with Crippen LogP contribution in [0, 0.1) is 10.1 Å². The smallest absolute Gasteiger partial charge is 0.256 e. The SMILES string of the molecule is C[C@@H]1N[C@]2(C(=O)Nc3ccccc32)[C@H]([N+](=O)[O-])[C@H]1c1ccc(OCc2ccc(Cl)cc2)cc1. The van der Waals surface area contributed by atoms with Crippen molar-refractivity contribution in [2.45, 2.75) is 37.1 Å². The molecule has 2 heterocycles. The van der Waals surface area contributed by atoms with E-state index < -0.39 is 17.5 Å². The number of nitrogens with one attached hydrogen (secondary N) is 2. The molecule has 168 valence electrons. The lowest BCUT2D eigenvalue weighted by Gasteiger charge is -2.25. The van der Waals surface area contributed by atoms with Crippen molar-refractivity contribution in [1.82, 2.24) is 5.32 Å². The fourth-order valence-corrected chi connectivity index (χ4v) is 5.21. The molecule has 8 heteroatoms. The number of hydrogen-bond acceptors (Lipinski definition) is 5. The Labute approximate surface area is 195 Å². The van der Waals surface area contributed by atoms with Crippen LogP contribution in [0.4, 0.5) is 5.69 Å². The molecule has 3 aromatic carbocycles. The highest BCUT2D eigenvalue weighted by molar-refractivity contribution is 6.30. The largest absolute Gasteiger partial charge is 0.489 e. The zero-order chi connectivity index (χ0) is 23.2. The molecule has 0 bridgehead atoms. The van der Waals surface area contributed by atoms with Gasteiger partial charge < -0.3 is 10.1 Å². The third-order valence-corrected chi connectivity index (χ3v) is 6.80. The molecule has 3 aromatic rings. The van der Waals surface area contributed by atoms with E-state index in [9.17, 15) is 14.9 Å². The molecule has 1 spiro atoms. The first-order valence-corrected chi connectivity index (χ1v) is 11.1. The average Bonchev–Trinajstić information content (AvgIpc) is 3.27. The fourth-order valence-electron chi connectivity index (χ4n) is 5.09. The molecule has 0 saturated carbocycles. The van der Waals surface area contributed by atoms with Gasteiger partial charge in [0.15, 0.2) is 5.54 Å². The van der Waals surface area contributed by atoms with E-state index >= 15 is 0 Å². The van der Waals surface area contributed by atoms with Gasteiger partial charge in [0.25, 0.3) is 11.9 Å². The van der Waals surface area contributed by atoms with Gasteiger partial charge in [0, 0.05) is 27.2 Å². The minimum Gasteiger partial charge on any atom is -0.489 e. The fraction of sp³-hybridized carbons (Fsp3) is 0.240. The van der Waals surface area contributed by atoms with E-state index in [1.807, 2.05) is 55.5 Å². The first-order chi connectivity index (χ1) is 15.9. The normalized spacial score (nSPS) is 25.6. The number of hydrogen-bond donors (Lipinski definition) is 2. The van der Waals surface area contributed by atoms with E-state index in [2.05, 4.69) is 10.6 Å².